The summed E-state index contributed by atoms with van der Waals surface area (Å²) >= 11 is 0. The average Bonchev–Trinajstić information content (AvgIpc) is 2.92. The van der Waals surface area contributed by atoms with E-state index in [2.05, 4.69) is 15.7 Å². The molecule has 1 aromatic carbocycles. The molecule has 2 rings (SSSR count). The molecular formula is C15H18FN5O3. The van der Waals surface area contributed by atoms with Gasteiger partial charge in [0.1, 0.15) is 6.54 Å². The SMILES string of the molecule is COc1ccc(C(C)NC(=O)Nc2cnn(CC(N)=O)c2)cc1F. The number of ether oxygens (including phenoxy) is 1. The van der Waals surface area contributed by atoms with Crippen LogP contribution in [0.1, 0.15) is 18.5 Å². The first-order valence-corrected chi connectivity index (χ1v) is 7.10. The predicted octanol–water partition coefficient (Wildman–Crippen LogP) is 1.40. The summed E-state index contributed by atoms with van der Waals surface area (Å²) in [5.74, 6) is -0.904. The number of nitrogens with zero attached hydrogens (tertiary/aromatic N) is 2. The van der Waals surface area contributed by atoms with Gasteiger partial charge in [0, 0.05) is 6.20 Å². The van der Waals surface area contributed by atoms with E-state index >= 15 is 0 Å². The molecule has 1 aromatic heterocycles. The smallest absolute Gasteiger partial charge is 0.319 e. The number of nitrogens with two attached hydrogens (primary N) is 1. The highest BCUT2D eigenvalue weighted by Crippen LogP contribution is 2.21. The first-order chi connectivity index (χ1) is 11.4. The van der Waals surface area contributed by atoms with Gasteiger partial charge in [-0.25, -0.2) is 9.18 Å². The Morgan fingerprint density at radius 2 is 2.21 bits per heavy atom. The lowest BCUT2D eigenvalue weighted by Crippen LogP contribution is -2.31. The first-order valence-electron chi connectivity index (χ1n) is 7.10. The van der Waals surface area contributed by atoms with Crippen LogP contribution >= 0.6 is 0 Å². The summed E-state index contributed by atoms with van der Waals surface area (Å²) in [6, 6.07) is 3.55. The van der Waals surface area contributed by atoms with Crippen molar-refractivity contribution in [2.45, 2.75) is 19.5 Å². The molecule has 1 atom stereocenters. The molecular weight excluding hydrogens is 317 g/mol. The van der Waals surface area contributed by atoms with Crippen LogP contribution in [0, 0.1) is 5.82 Å². The normalized spacial score (nSPS) is 11.6. The third kappa shape index (κ3) is 4.45. The Morgan fingerprint density at radius 1 is 1.46 bits per heavy atom. The Kier molecular flexibility index (Phi) is 5.35. The van der Waals surface area contributed by atoms with Gasteiger partial charge in [-0.05, 0) is 24.6 Å². The summed E-state index contributed by atoms with van der Waals surface area (Å²) in [5, 5.41) is 9.13. The second-order valence-electron chi connectivity index (χ2n) is 5.11. The number of halogens is 1. The number of hydrogen-bond acceptors (Lipinski definition) is 4. The minimum atomic E-state index is -0.538. The number of benzene rings is 1. The quantitative estimate of drug-likeness (QED) is 0.741. The Bertz CT molecular complexity index is 746. The van der Waals surface area contributed by atoms with Gasteiger partial charge in [-0.3, -0.25) is 9.48 Å². The maximum absolute atomic E-state index is 13.7. The highest BCUT2D eigenvalue weighted by Gasteiger charge is 2.13. The fourth-order valence-electron chi connectivity index (χ4n) is 2.07. The highest BCUT2D eigenvalue weighted by molar-refractivity contribution is 5.89. The Balaban J connectivity index is 1.95. The van der Waals surface area contributed by atoms with E-state index in [1.807, 2.05) is 0 Å². The van der Waals surface area contributed by atoms with Crippen molar-refractivity contribution >= 4 is 17.6 Å². The van der Waals surface area contributed by atoms with Crippen LogP contribution in [-0.4, -0.2) is 28.8 Å². The van der Waals surface area contributed by atoms with Crippen LogP contribution in [0.3, 0.4) is 0 Å². The van der Waals surface area contributed by atoms with E-state index in [1.54, 1.807) is 13.0 Å². The maximum atomic E-state index is 13.7. The van der Waals surface area contributed by atoms with Gasteiger partial charge in [-0.15, -0.1) is 0 Å². The van der Waals surface area contributed by atoms with Crippen LogP contribution in [0.25, 0.3) is 0 Å². The number of amides is 3. The number of urea groups is 1. The summed E-state index contributed by atoms with van der Waals surface area (Å²) in [4.78, 5) is 22.8. The summed E-state index contributed by atoms with van der Waals surface area (Å²) in [7, 11) is 1.38. The van der Waals surface area contributed by atoms with Gasteiger partial charge >= 0.3 is 6.03 Å². The van der Waals surface area contributed by atoms with Crippen LogP contribution in [0.15, 0.2) is 30.6 Å². The van der Waals surface area contributed by atoms with Crippen LogP contribution in [0.2, 0.25) is 0 Å². The number of anilines is 1. The number of nitrogens with one attached hydrogen (secondary N) is 2. The number of carbonyl (C=O) groups excluding carboxylic acids is 2. The molecule has 8 nitrogen and oxygen atoms in total. The van der Waals surface area contributed by atoms with Crippen molar-refractivity contribution in [3.8, 4) is 5.75 Å². The maximum Gasteiger partial charge on any atom is 0.319 e. The molecule has 3 amide bonds. The molecule has 9 heteroatoms. The highest BCUT2D eigenvalue weighted by atomic mass is 19.1. The lowest BCUT2D eigenvalue weighted by molar-refractivity contribution is -0.118. The van der Waals surface area contributed by atoms with Gasteiger partial charge < -0.3 is 21.1 Å². The van der Waals surface area contributed by atoms with Gasteiger partial charge in [0.25, 0.3) is 0 Å². The number of primary amides is 1. The molecule has 0 saturated carbocycles. The van der Waals surface area contributed by atoms with Crippen molar-refractivity contribution in [1.82, 2.24) is 15.1 Å². The zero-order valence-corrected chi connectivity index (χ0v) is 13.2. The number of rotatable bonds is 6. The molecule has 0 bridgehead atoms. The van der Waals surface area contributed by atoms with Gasteiger partial charge in [0.2, 0.25) is 5.91 Å². The topological polar surface area (TPSA) is 111 Å². The summed E-state index contributed by atoms with van der Waals surface area (Å²) < 4.78 is 19.9. The van der Waals surface area contributed by atoms with E-state index in [9.17, 15) is 14.0 Å². The molecule has 0 fully saturated rings. The molecule has 1 heterocycles. The van der Waals surface area contributed by atoms with Gasteiger partial charge in [0.05, 0.1) is 25.0 Å². The monoisotopic (exact) mass is 335 g/mol. The second-order valence-corrected chi connectivity index (χ2v) is 5.11. The molecule has 0 aliphatic carbocycles. The van der Waals surface area contributed by atoms with Crippen molar-refractivity contribution < 1.29 is 18.7 Å². The molecule has 0 aliphatic rings. The molecule has 4 N–H and O–H groups in total. The van der Waals surface area contributed by atoms with E-state index < -0.39 is 23.8 Å². The van der Waals surface area contributed by atoms with E-state index in [-0.39, 0.29) is 12.3 Å². The summed E-state index contributed by atoms with van der Waals surface area (Å²) in [6.07, 6.45) is 2.86. The number of methoxy groups -OCH3 is 1. The van der Waals surface area contributed by atoms with E-state index in [0.29, 0.717) is 11.3 Å². The molecule has 24 heavy (non-hydrogen) atoms. The number of hydrogen-bond donors (Lipinski definition) is 3. The van der Waals surface area contributed by atoms with Crippen molar-refractivity contribution in [2.24, 2.45) is 5.73 Å². The van der Waals surface area contributed by atoms with Crippen molar-refractivity contribution in [1.29, 1.82) is 0 Å². The van der Waals surface area contributed by atoms with Crippen molar-refractivity contribution in [3.63, 3.8) is 0 Å². The van der Waals surface area contributed by atoms with Crippen molar-refractivity contribution in [3.05, 3.63) is 42.0 Å². The van der Waals surface area contributed by atoms with E-state index in [1.165, 1.54) is 36.3 Å². The van der Waals surface area contributed by atoms with Crippen molar-refractivity contribution in [2.75, 3.05) is 12.4 Å². The zero-order valence-electron chi connectivity index (χ0n) is 13.2. The first kappa shape index (κ1) is 17.3. The van der Waals surface area contributed by atoms with E-state index in [4.69, 9.17) is 10.5 Å². The van der Waals surface area contributed by atoms with Crippen LogP contribution in [0.4, 0.5) is 14.9 Å². The van der Waals surface area contributed by atoms with Gasteiger partial charge in [0.15, 0.2) is 11.6 Å². The largest absolute Gasteiger partial charge is 0.494 e. The van der Waals surface area contributed by atoms with Crippen LogP contribution in [0.5, 0.6) is 5.75 Å². The second kappa shape index (κ2) is 7.44. The lowest BCUT2D eigenvalue weighted by atomic mass is 10.1. The fraction of sp³-hybridized carbons (Fsp3) is 0.267. The number of carbonyl (C=O) groups is 2. The zero-order chi connectivity index (χ0) is 17.7. The molecule has 0 spiro atoms. The van der Waals surface area contributed by atoms with Crippen LogP contribution in [-0.2, 0) is 11.3 Å². The average molecular weight is 335 g/mol. The fourth-order valence-corrected chi connectivity index (χ4v) is 2.07. The minimum absolute atomic E-state index is 0.0785. The third-order valence-electron chi connectivity index (χ3n) is 3.23. The van der Waals surface area contributed by atoms with Gasteiger partial charge in [-0.2, -0.15) is 5.10 Å². The standard InChI is InChI=1S/C15H18FN5O3/c1-9(10-3-4-13(24-2)12(16)5-10)19-15(23)20-11-6-18-21(7-11)8-14(17)22/h3-7,9H,8H2,1-2H3,(H2,17,22)(H2,19,20,23). The molecule has 0 saturated heterocycles. The molecule has 128 valence electrons. The Hall–Kier alpha value is -3.10. The third-order valence-corrected chi connectivity index (χ3v) is 3.23. The summed E-state index contributed by atoms with van der Waals surface area (Å²) in [5.41, 5.74) is 6.05. The van der Waals surface area contributed by atoms with E-state index in [0.717, 1.165) is 0 Å². The molecule has 1 unspecified atom stereocenters. The van der Waals surface area contributed by atoms with Crippen LogP contribution < -0.4 is 21.1 Å². The minimum Gasteiger partial charge on any atom is -0.494 e. The lowest BCUT2D eigenvalue weighted by Gasteiger charge is -2.15. The molecule has 0 radical (unpaired) electrons. The molecule has 0 aliphatic heterocycles. The van der Waals surface area contributed by atoms with Gasteiger partial charge in [-0.1, -0.05) is 6.07 Å². The number of aromatic nitrogens is 2. The molecule has 2 aromatic rings. The Morgan fingerprint density at radius 3 is 2.83 bits per heavy atom. The predicted molar refractivity (Wildman–Crippen MR) is 84.9 cm³/mol. The summed E-state index contributed by atoms with van der Waals surface area (Å²) in [6.45, 7) is 1.64. The Labute approximate surface area is 137 Å².